The number of hydrogen-bond acceptors (Lipinski definition) is 4. The zero-order valence-electron chi connectivity index (χ0n) is 11.6. The van der Waals surface area contributed by atoms with Crippen LogP contribution in [0.2, 0.25) is 0 Å². The lowest BCUT2D eigenvalue weighted by atomic mass is 10.1. The van der Waals surface area contributed by atoms with Crippen LogP contribution < -0.4 is 0 Å². The molecule has 0 radical (unpaired) electrons. The van der Waals surface area contributed by atoms with Crippen molar-refractivity contribution >= 4 is 22.9 Å². The molecule has 0 spiro atoms. The minimum Gasteiger partial charge on any atom is -0.480 e. The number of hydrogen-bond donors (Lipinski definition) is 1. The topological polar surface area (TPSA) is 88.3 Å². The Bertz CT molecular complexity index is 678. The van der Waals surface area contributed by atoms with Gasteiger partial charge in [0.2, 0.25) is 0 Å². The minimum atomic E-state index is -1.05. The number of carbonyl (C=O) groups is 2. The first-order valence-electron chi connectivity index (χ1n) is 6.24. The van der Waals surface area contributed by atoms with Crippen LogP contribution in [0.1, 0.15) is 23.0 Å². The number of aryl methyl sites for hydroxylation is 2. The van der Waals surface area contributed by atoms with Crippen molar-refractivity contribution in [3.63, 3.8) is 0 Å². The SMILES string of the molecule is CCn1ncc2cc(C(=O)N(C)CC(=O)O)c(C)nc21. The Balaban J connectivity index is 2.42. The molecule has 0 aliphatic rings. The van der Waals surface area contributed by atoms with Crippen molar-refractivity contribution in [3.8, 4) is 0 Å². The van der Waals surface area contributed by atoms with Crippen molar-refractivity contribution in [1.29, 1.82) is 0 Å². The first kappa shape index (κ1) is 14.0. The number of carbonyl (C=O) groups excluding carboxylic acids is 1. The number of pyridine rings is 1. The summed E-state index contributed by atoms with van der Waals surface area (Å²) < 4.78 is 1.75. The lowest BCUT2D eigenvalue weighted by molar-refractivity contribution is -0.137. The third-order valence-corrected chi connectivity index (χ3v) is 3.05. The second kappa shape index (κ2) is 5.28. The summed E-state index contributed by atoms with van der Waals surface area (Å²) in [7, 11) is 1.45. The lowest BCUT2D eigenvalue weighted by Gasteiger charge is -2.15. The highest BCUT2D eigenvalue weighted by atomic mass is 16.4. The van der Waals surface area contributed by atoms with Gasteiger partial charge in [0.15, 0.2) is 5.65 Å². The molecule has 1 N–H and O–H groups in total. The molecule has 0 aromatic carbocycles. The molecule has 2 aromatic rings. The molecule has 0 bridgehead atoms. The molecule has 0 aliphatic carbocycles. The van der Waals surface area contributed by atoms with E-state index in [-0.39, 0.29) is 12.5 Å². The maximum Gasteiger partial charge on any atom is 0.323 e. The standard InChI is InChI=1S/C13H16N4O3/c1-4-17-12-9(6-14-17)5-10(8(2)15-12)13(20)16(3)7-11(18)19/h5-6H,4,7H2,1-3H3,(H,18,19). The van der Waals surface area contributed by atoms with Crippen molar-refractivity contribution in [2.24, 2.45) is 0 Å². The van der Waals surface area contributed by atoms with Crippen LogP contribution in [0.25, 0.3) is 11.0 Å². The molecule has 0 saturated carbocycles. The normalized spacial score (nSPS) is 10.8. The van der Waals surface area contributed by atoms with Crippen LogP contribution in [-0.4, -0.2) is 50.2 Å². The van der Waals surface area contributed by atoms with E-state index in [9.17, 15) is 9.59 Å². The van der Waals surface area contributed by atoms with E-state index in [0.717, 1.165) is 15.9 Å². The van der Waals surface area contributed by atoms with E-state index in [2.05, 4.69) is 10.1 Å². The van der Waals surface area contributed by atoms with Gasteiger partial charge in [-0.1, -0.05) is 0 Å². The van der Waals surface area contributed by atoms with Gasteiger partial charge in [0.05, 0.1) is 17.5 Å². The summed E-state index contributed by atoms with van der Waals surface area (Å²) in [5, 5.41) is 13.7. The average molecular weight is 276 g/mol. The van der Waals surface area contributed by atoms with E-state index in [0.29, 0.717) is 17.8 Å². The summed E-state index contributed by atoms with van der Waals surface area (Å²) in [6.45, 7) is 4.05. The molecule has 0 saturated heterocycles. The zero-order chi connectivity index (χ0) is 14.9. The molecule has 0 unspecified atom stereocenters. The fourth-order valence-electron chi connectivity index (χ4n) is 2.02. The van der Waals surface area contributed by atoms with Crippen LogP contribution in [0.3, 0.4) is 0 Å². The second-order valence-corrected chi connectivity index (χ2v) is 4.55. The van der Waals surface area contributed by atoms with E-state index in [1.165, 1.54) is 7.05 Å². The Labute approximate surface area is 115 Å². The molecule has 7 nitrogen and oxygen atoms in total. The van der Waals surface area contributed by atoms with Crippen molar-refractivity contribution < 1.29 is 14.7 Å². The predicted molar refractivity (Wildman–Crippen MR) is 72.5 cm³/mol. The van der Waals surface area contributed by atoms with E-state index in [1.807, 2.05) is 6.92 Å². The Hall–Kier alpha value is -2.44. The van der Waals surface area contributed by atoms with Crippen LogP contribution >= 0.6 is 0 Å². The van der Waals surface area contributed by atoms with Crippen LogP contribution in [0.4, 0.5) is 0 Å². The summed E-state index contributed by atoms with van der Waals surface area (Å²) in [5.41, 5.74) is 1.69. The van der Waals surface area contributed by atoms with Gasteiger partial charge in [-0.2, -0.15) is 5.10 Å². The third kappa shape index (κ3) is 2.47. The van der Waals surface area contributed by atoms with Gasteiger partial charge in [-0.05, 0) is 19.9 Å². The molecule has 2 rings (SSSR count). The van der Waals surface area contributed by atoms with E-state index < -0.39 is 5.97 Å². The molecule has 2 heterocycles. The Morgan fingerprint density at radius 3 is 2.75 bits per heavy atom. The van der Waals surface area contributed by atoms with Gasteiger partial charge in [0, 0.05) is 19.0 Å². The highest BCUT2D eigenvalue weighted by Gasteiger charge is 2.18. The van der Waals surface area contributed by atoms with Gasteiger partial charge in [0.1, 0.15) is 6.54 Å². The number of carboxylic acids is 1. The minimum absolute atomic E-state index is 0.343. The van der Waals surface area contributed by atoms with Gasteiger partial charge >= 0.3 is 5.97 Å². The Morgan fingerprint density at radius 1 is 1.45 bits per heavy atom. The number of aromatic nitrogens is 3. The van der Waals surface area contributed by atoms with Crippen molar-refractivity contribution in [3.05, 3.63) is 23.5 Å². The number of aliphatic carboxylic acids is 1. The summed E-state index contributed by atoms with van der Waals surface area (Å²) in [5.74, 6) is -1.41. The highest BCUT2D eigenvalue weighted by Crippen LogP contribution is 2.17. The third-order valence-electron chi connectivity index (χ3n) is 3.05. The molecular weight excluding hydrogens is 260 g/mol. The first-order chi connectivity index (χ1) is 9.43. The summed E-state index contributed by atoms with van der Waals surface area (Å²) in [6, 6.07) is 1.71. The Kier molecular flexibility index (Phi) is 3.69. The number of fused-ring (bicyclic) bond motifs is 1. The molecule has 7 heteroatoms. The fourth-order valence-corrected chi connectivity index (χ4v) is 2.02. The summed E-state index contributed by atoms with van der Waals surface area (Å²) in [4.78, 5) is 28.4. The maximum atomic E-state index is 12.2. The fraction of sp³-hybridized carbons (Fsp3) is 0.385. The summed E-state index contributed by atoms with van der Waals surface area (Å²) in [6.07, 6.45) is 1.65. The molecule has 0 fully saturated rings. The second-order valence-electron chi connectivity index (χ2n) is 4.55. The Morgan fingerprint density at radius 2 is 2.15 bits per heavy atom. The van der Waals surface area contributed by atoms with E-state index in [4.69, 9.17) is 5.11 Å². The van der Waals surface area contributed by atoms with Crippen LogP contribution in [-0.2, 0) is 11.3 Å². The first-order valence-corrected chi connectivity index (χ1v) is 6.24. The van der Waals surface area contributed by atoms with Crippen LogP contribution in [0, 0.1) is 6.92 Å². The average Bonchev–Trinajstić information content (AvgIpc) is 2.78. The van der Waals surface area contributed by atoms with Crippen LogP contribution in [0.15, 0.2) is 12.3 Å². The van der Waals surface area contributed by atoms with Gasteiger partial charge in [-0.15, -0.1) is 0 Å². The molecule has 20 heavy (non-hydrogen) atoms. The highest BCUT2D eigenvalue weighted by molar-refractivity contribution is 5.99. The summed E-state index contributed by atoms with van der Waals surface area (Å²) >= 11 is 0. The van der Waals surface area contributed by atoms with Crippen molar-refractivity contribution in [2.45, 2.75) is 20.4 Å². The molecule has 106 valence electrons. The quantitative estimate of drug-likeness (QED) is 0.897. The largest absolute Gasteiger partial charge is 0.480 e. The number of nitrogens with zero attached hydrogens (tertiary/aromatic N) is 4. The van der Waals surface area contributed by atoms with Crippen molar-refractivity contribution in [1.82, 2.24) is 19.7 Å². The number of carboxylic acid groups (broad SMARTS) is 1. The number of amides is 1. The molecule has 2 aromatic heterocycles. The van der Waals surface area contributed by atoms with Gasteiger partial charge < -0.3 is 10.0 Å². The molecule has 0 atom stereocenters. The van der Waals surface area contributed by atoms with Crippen molar-refractivity contribution in [2.75, 3.05) is 13.6 Å². The number of rotatable bonds is 4. The number of likely N-dealkylation sites (N-methyl/N-ethyl adjacent to an activating group) is 1. The van der Waals surface area contributed by atoms with Gasteiger partial charge in [0.25, 0.3) is 5.91 Å². The van der Waals surface area contributed by atoms with Crippen LogP contribution in [0.5, 0.6) is 0 Å². The molecule has 0 aliphatic heterocycles. The molecule has 1 amide bonds. The van der Waals surface area contributed by atoms with E-state index in [1.54, 1.807) is 23.9 Å². The van der Waals surface area contributed by atoms with Gasteiger partial charge in [-0.3, -0.25) is 9.59 Å². The van der Waals surface area contributed by atoms with Gasteiger partial charge in [-0.25, -0.2) is 9.67 Å². The molecular formula is C13H16N4O3. The monoisotopic (exact) mass is 276 g/mol. The van der Waals surface area contributed by atoms with E-state index >= 15 is 0 Å². The smallest absolute Gasteiger partial charge is 0.323 e. The maximum absolute atomic E-state index is 12.2. The zero-order valence-corrected chi connectivity index (χ0v) is 11.6. The lowest BCUT2D eigenvalue weighted by Crippen LogP contribution is -2.32. The predicted octanol–water partition coefficient (Wildman–Crippen LogP) is 0.916.